The van der Waals surface area contributed by atoms with Crippen molar-refractivity contribution < 1.29 is 4.21 Å². The van der Waals surface area contributed by atoms with E-state index in [0.717, 1.165) is 19.0 Å². The van der Waals surface area contributed by atoms with Gasteiger partial charge >= 0.3 is 0 Å². The maximum atomic E-state index is 11.0. The van der Waals surface area contributed by atoms with Crippen LogP contribution < -0.4 is 0 Å². The van der Waals surface area contributed by atoms with Gasteiger partial charge in [-0.1, -0.05) is 13.3 Å². The summed E-state index contributed by atoms with van der Waals surface area (Å²) < 4.78 is 13.1. The molecule has 3 heteroatoms. The van der Waals surface area contributed by atoms with E-state index in [1.54, 1.807) is 6.26 Å². The van der Waals surface area contributed by atoms with Crippen molar-refractivity contribution in [1.82, 2.24) is 4.31 Å². The van der Waals surface area contributed by atoms with Crippen LogP contribution in [0.1, 0.15) is 26.2 Å². The van der Waals surface area contributed by atoms with Crippen LogP contribution in [0.2, 0.25) is 0 Å². The van der Waals surface area contributed by atoms with Crippen molar-refractivity contribution in [3.8, 4) is 0 Å². The van der Waals surface area contributed by atoms with E-state index in [0.29, 0.717) is 0 Å². The van der Waals surface area contributed by atoms with E-state index in [9.17, 15) is 4.21 Å². The zero-order chi connectivity index (χ0) is 8.27. The highest BCUT2D eigenvalue weighted by molar-refractivity contribution is 7.81. The van der Waals surface area contributed by atoms with Crippen molar-refractivity contribution in [3.05, 3.63) is 0 Å². The second kappa shape index (κ2) is 4.21. The van der Waals surface area contributed by atoms with Gasteiger partial charge in [0.1, 0.15) is 0 Å². The number of hydrogen-bond acceptors (Lipinski definition) is 1. The first-order valence-electron chi connectivity index (χ1n) is 4.32. The van der Waals surface area contributed by atoms with E-state index < -0.39 is 11.0 Å². The van der Waals surface area contributed by atoms with Gasteiger partial charge < -0.3 is 0 Å². The minimum absolute atomic E-state index is 0.736. The molecule has 0 saturated carbocycles. The van der Waals surface area contributed by atoms with E-state index >= 15 is 0 Å². The smallest absolute Gasteiger partial charge is 0.0910 e. The Labute approximate surface area is 71.6 Å². The third kappa shape index (κ3) is 2.56. The molecule has 1 unspecified atom stereocenters. The summed E-state index contributed by atoms with van der Waals surface area (Å²) in [6.07, 6.45) is 5.52. The lowest BCUT2D eigenvalue weighted by Crippen LogP contribution is -2.34. The van der Waals surface area contributed by atoms with Crippen molar-refractivity contribution in [3.63, 3.8) is 0 Å². The van der Waals surface area contributed by atoms with Crippen molar-refractivity contribution in [2.24, 2.45) is 5.92 Å². The van der Waals surface area contributed by atoms with Gasteiger partial charge in [-0.05, 0) is 18.8 Å². The first-order valence-corrected chi connectivity index (χ1v) is 5.84. The standard InChI is InChI=1S/C8H17NOS/c1-3-8-4-6-9(7-5-8)11(2)10/h8H,3-7H2,1-2H3. The monoisotopic (exact) mass is 175 g/mol. The Morgan fingerprint density at radius 2 is 2.00 bits per heavy atom. The van der Waals surface area contributed by atoms with Gasteiger partial charge in [-0.2, -0.15) is 0 Å². The maximum Gasteiger partial charge on any atom is 0.0910 e. The van der Waals surface area contributed by atoms with Gasteiger partial charge in [0.15, 0.2) is 0 Å². The van der Waals surface area contributed by atoms with Gasteiger partial charge in [-0.25, -0.2) is 8.51 Å². The predicted molar refractivity (Wildman–Crippen MR) is 48.7 cm³/mol. The Balaban J connectivity index is 2.30. The van der Waals surface area contributed by atoms with E-state index in [2.05, 4.69) is 11.2 Å². The molecule has 1 saturated heterocycles. The van der Waals surface area contributed by atoms with Crippen molar-refractivity contribution >= 4 is 11.0 Å². The number of piperidine rings is 1. The summed E-state index contributed by atoms with van der Waals surface area (Å²) in [6, 6.07) is 0. The molecule has 0 radical (unpaired) electrons. The van der Waals surface area contributed by atoms with Crippen LogP contribution in [-0.2, 0) is 11.0 Å². The first kappa shape index (κ1) is 9.20. The lowest BCUT2D eigenvalue weighted by Gasteiger charge is -2.29. The van der Waals surface area contributed by atoms with Crippen LogP contribution in [0.4, 0.5) is 0 Å². The summed E-state index contributed by atoms with van der Waals surface area (Å²) in [7, 11) is -0.736. The predicted octanol–water partition coefficient (Wildman–Crippen LogP) is 1.40. The van der Waals surface area contributed by atoms with E-state index in [-0.39, 0.29) is 0 Å². The molecule has 11 heavy (non-hydrogen) atoms. The Kier molecular flexibility index (Phi) is 3.52. The molecule has 1 heterocycles. The lowest BCUT2D eigenvalue weighted by molar-refractivity contribution is 0.279. The Morgan fingerprint density at radius 3 is 2.36 bits per heavy atom. The van der Waals surface area contributed by atoms with Crippen LogP contribution in [0.5, 0.6) is 0 Å². The minimum Gasteiger partial charge on any atom is -0.243 e. The highest BCUT2D eigenvalue weighted by Gasteiger charge is 2.19. The second-order valence-electron chi connectivity index (χ2n) is 3.20. The van der Waals surface area contributed by atoms with Gasteiger partial charge in [0, 0.05) is 19.3 Å². The van der Waals surface area contributed by atoms with Crippen molar-refractivity contribution in [2.45, 2.75) is 26.2 Å². The third-order valence-corrected chi connectivity index (χ3v) is 3.61. The van der Waals surface area contributed by atoms with E-state index in [1.807, 2.05) is 0 Å². The summed E-state index contributed by atoms with van der Waals surface area (Å²) in [5, 5.41) is 0. The molecule has 1 rings (SSSR count). The fraction of sp³-hybridized carbons (Fsp3) is 1.00. The molecule has 0 aromatic heterocycles. The van der Waals surface area contributed by atoms with E-state index in [1.165, 1.54) is 19.3 Å². The van der Waals surface area contributed by atoms with Gasteiger partial charge in [0.2, 0.25) is 0 Å². The lowest BCUT2D eigenvalue weighted by atomic mass is 9.96. The van der Waals surface area contributed by atoms with Crippen LogP contribution in [0.15, 0.2) is 0 Å². The van der Waals surface area contributed by atoms with Gasteiger partial charge in [0.25, 0.3) is 0 Å². The molecule has 1 atom stereocenters. The van der Waals surface area contributed by atoms with E-state index in [4.69, 9.17) is 0 Å². The summed E-state index contributed by atoms with van der Waals surface area (Å²) in [6.45, 7) is 4.30. The SMILES string of the molecule is CCC1CCN(S(C)=O)CC1. The van der Waals surface area contributed by atoms with Gasteiger partial charge in [0.05, 0.1) is 11.0 Å². The summed E-state index contributed by atoms with van der Waals surface area (Å²) in [4.78, 5) is 0. The summed E-state index contributed by atoms with van der Waals surface area (Å²) >= 11 is 0. The minimum atomic E-state index is -0.736. The number of nitrogens with zero attached hydrogens (tertiary/aromatic N) is 1. The van der Waals surface area contributed by atoms with Crippen LogP contribution in [0.25, 0.3) is 0 Å². The van der Waals surface area contributed by atoms with Crippen molar-refractivity contribution in [1.29, 1.82) is 0 Å². The third-order valence-electron chi connectivity index (χ3n) is 2.51. The highest BCUT2D eigenvalue weighted by Crippen LogP contribution is 2.20. The zero-order valence-corrected chi connectivity index (χ0v) is 8.19. The molecule has 66 valence electrons. The van der Waals surface area contributed by atoms with Crippen LogP contribution in [0, 0.1) is 5.92 Å². The molecule has 0 aliphatic carbocycles. The normalized spacial score (nSPS) is 25.3. The molecule has 1 fully saturated rings. The molecule has 0 aromatic rings. The van der Waals surface area contributed by atoms with Crippen LogP contribution in [0.3, 0.4) is 0 Å². The molecular formula is C8H17NOS. The molecule has 1 aliphatic heterocycles. The summed E-state index contributed by atoms with van der Waals surface area (Å²) in [5.41, 5.74) is 0. The van der Waals surface area contributed by atoms with Crippen LogP contribution >= 0.6 is 0 Å². The molecule has 1 aliphatic rings. The fourth-order valence-corrected chi connectivity index (χ4v) is 2.30. The summed E-state index contributed by atoms with van der Waals surface area (Å²) in [5.74, 6) is 0.884. The Morgan fingerprint density at radius 1 is 1.45 bits per heavy atom. The number of hydrogen-bond donors (Lipinski definition) is 0. The molecule has 0 N–H and O–H groups in total. The molecule has 0 bridgehead atoms. The van der Waals surface area contributed by atoms with Crippen molar-refractivity contribution in [2.75, 3.05) is 19.3 Å². The maximum absolute atomic E-state index is 11.0. The topological polar surface area (TPSA) is 20.3 Å². The molecule has 2 nitrogen and oxygen atoms in total. The zero-order valence-electron chi connectivity index (χ0n) is 7.38. The Bertz CT molecular complexity index is 141. The largest absolute Gasteiger partial charge is 0.243 e. The Hall–Kier alpha value is 0.110. The molecule has 0 aromatic carbocycles. The number of rotatable bonds is 2. The molecule has 0 spiro atoms. The molecule has 0 amide bonds. The highest BCUT2D eigenvalue weighted by atomic mass is 32.2. The quantitative estimate of drug-likeness (QED) is 0.621. The average Bonchev–Trinajstić information content (AvgIpc) is 2.05. The molecular weight excluding hydrogens is 158 g/mol. The van der Waals surface area contributed by atoms with Gasteiger partial charge in [-0.3, -0.25) is 0 Å². The average molecular weight is 175 g/mol. The fourth-order valence-electron chi connectivity index (χ4n) is 1.57. The van der Waals surface area contributed by atoms with Gasteiger partial charge in [-0.15, -0.1) is 0 Å². The second-order valence-corrected chi connectivity index (χ2v) is 4.57. The van der Waals surface area contributed by atoms with Crippen LogP contribution in [-0.4, -0.2) is 27.9 Å². The first-order chi connectivity index (χ1) is 5.24.